The first-order valence-electron chi connectivity index (χ1n) is 13.2. The zero-order chi connectivity index (χ0) is 21.7. The van der Waals surface area contributed by atoms with Crippen molar-refractivity contribution in [1.29, 1.82) is 5.26 Å². The molecule has 4 aliphatic carbocycles. The van der Waals surface area contributed by atoms with E-state index in [-0.39, 0.29) is 41.5 Å². The van der Waals surface area contributed by atoms with Crippen LogP contribution in [0.2, 0.25) is 0 Å². The van der Waals surface area contributed by atoms with Crippen molar-refractivity contribution in [2.75, 3.05) is 0 Å². The van der Waals surface area contributed by atoms with E-state index in [1.54, 1.807) is 0 Å². The molecule has 0 radical (unpaired) electrons. The van der Waals surface area contributed by atoms with E-state index in [2.05, 4.69) is 19.9 Å². The second-order valence-electron chi connectivity index (χ2n) is 11.7. The van der Waals surface area contributed by atoms with Gasteiger partial charge in [-0.15, -0.1) is 0 Å². The highest BCUT2D eigenvalue weighted by Gasteiger charge is 2.63. The van der Waals surface area contributed by atoms with Gasteiger partial charge in [-0.25, -0.2) is 0 Å². The summed E-state index contributed by atoms with van der Waals surface area (Å²) in [4.78, 5) is 25.9. The summed E-state index contributed by atoms with van der Waals surface area (Å²) in [5.74, 6) is 2.95. The van der Waals surface area contributed by atoms with E-state index >= 15 is 0 Å². The Morgan fingerprint density at radius 2 is 1.61 bits per heavy atom. The lowest BCUT2D eigenvalue weighted by Gasteiger charge is -2.38. The third-order valence-electron chi connectivity index (χ3n) is 10.4. The van der Waals surface area contributed by atoms with Gasteiger partial charge in [-0.05, 0) is 79.4 Å². The van der Waals surface area contributed by atoms with Gasteiger partial charge in [-0.3, -0.25) is 9.59 Å². The van der Waals surface area contributed by atoms with Crippen molar-refractivity contribution in [3.8, 4) is 6.07 Å². The van der Waals surface area contributed by atoms with E-state index in [9.17, 15) is 14.9 Å². The SMILES string of the molecule is CCCCCCCC1CC2CC1CC2C1C(=O)OC(=O)C1C1C(C)C2CC(C#N)C1C2. The first-order chi connectivity index (χ1) is 15.0. The normalized spacial score (nSPS) is 47.8. The first kappa shape index (κ1) is 21.5. The van der Waals surface area contributed by atoms with Crippen molar-refractivity contribution in [2.45, 2.75) is 84.5 Å². The maximum Gasteiger partial charge on any atom is 0.317 e. The van der Waals surface area contributed by atoms with E-state index in [1.165, 1.54) is 51.4 Å². The summed E-state index contributed by atoms with van der Waals surface area (Å²) < 4.78 is 5.31. The Kier molecular flexibility index (Phi) is 5.91. The average molecular weight is 426 g/mol. The minimum absolute atomic E-state index is 0.0625. The van der Waals surface area contributed by atoms with E-state index in [4.69, 9.17) is 4.74 Å². The zero-order valence-electron chi connectivity index (χ0n) is 19.3. The Balaban J connectivity index is 1.26. The summed E-state index contributed by atoms with van der Waals surface area (Å²) in [7, 11) is 0. The van der Waals surface area contributed by atoms with E-state index in [0.717, 1.165) is 31.1 Å². The second kappa shape index (κ2) is 8.53. The molecule has 1 saturated heterocycles. The fourth-order valence-corrected chi connectivity index (χ4v) is 9.02. The molecule has 4 bridgehead atoms. The molecular weight excluding hydrogens is 386 g/mol. The largest absolute Gasteiger partial charge is 0.393 e. The Morgan fingerprint density at radius 1 is 0.871 bits per heavy atom. The van der Waals surface area contributed by atoms with Crippen LogP contribution >= 0.6 is 0 Å². The van der Waals surface area contributed by atoms with Gasteiger partial charge >= 0.3 is 11.9 Å². The number of carbonyl (C=O) groups excluding carboxylic acids is 2. The van der Waals surface area contributed by atoms with Crippen LogP contribution in [-0.4, -0.2) is 11.9 Å². The maximum atomic E-state index is 12.9. The van der Waals surface area contributed by atoms with Gasteiger partial charge in [0, 0.05) is 5.92 Å². The van der Waals surface area contributed by atoms with Gasteiger partial charge in [-0.2, -0.15) is 5.26 Å². The number of carbonyl (C=O) groups is 2. The lowest BCUT2D eigenvalue weighted by molar-refractivity contribution is -0.154. The van der Waals surface area contributed by atoms with E-state index in [0.29, 0.717) is 23.7 Å². The third-order valence-corrected chi connectivity index (χ3v) is 10.4. The van der Waals surface area contributed by atoms with Gasteiger partial charge in [0.15, 0.2) is 0 Å². The van der Waals surface area contributed by atoms with Gasteiger partial charge in [0.1, 0.15) is 0 Å². The van der Waals surface area contributed by atoms with Crippen LogP contribution in [0.3, 0.4) is 0 Å². The van der Waals surface area contributed by atoms with Gasteiger partial charge in [-0.1, -0.05) is 52.4 Å². The first-order valence-corrected chi connectivity index (χ1v) is 13.2. The maximum absolute atomic E-state index is 12.9. The van der Waals surface area contributed by atoms with Crippen molar-refractivity contribution in [3.05, 3.63) is 0 Å². The number of unbranched alkanes of at least 4 members (excludes halogenated alkanes) is 4. The Morgan fingerprint density at radius 3 is 2.29 bits per heavy atom. The number of esters is 2. The van der Waals surface area contributed by atoms with Gasteiger partial charge in [0.25, 0.3) is 0 Å². The highest BCUT2D eigenvalue weighted by atomic mass is 16.6. The number of cyclic esters (lactones) is 2. The topological polar surface area (TPSA) is 67.2 Å². The smallest absolute Gasteiger partial charge is 0.317 e. The molecule has 11 unspecified atom stereocenters. The zero-order valence-corrected chi connectivity index (χ0v) is 19.3. The molecular formula is C27H39NO3. The summed E-state index contributed by atoms with van der Waals surface area (Å²) in [6.45, 7) is 4.52. The van der Waals surface area contributed by atoms with Crippen LogP contribution in [-0.2, 0) is 14.3 Å². The Hall–Kier alpha value is -1.37. The lowest BCUT2D eigenvalue weighted by atomic mass is 9.62. The molecule has 0 aromatic carbocycles. The van der Waals surface area contributed by atoms with Crippen LogP contribution < -0.4 is 0 Å². The molecule has 4 heteroatoms. The highest BCUT2D eigenvalue weighted by molar-refractivity contribution is 5.97. The number of hydrogen-bond acceptors (Lipinski definition) is 4. The fraction of sp³-hybridized carbons (Fsp3) is 0.889. The number of hydrogen-bond donors (Lipinski definition) is 0. The molecule has 1 aliphatic heterocycles. The average Bonchev–Trinajstić information content (AvgIpc) is 3.54. The van der Waals surface area contributed by atoms with Crippen molar-refractivity contribution < 1.29 is 14.3 Å². The standard InChI is InChI=1S/C27H39NO3/c1-3-4-5-6-7-8-16-9-19-11-18(16)13-21(19)24-25(27(30)31-26(24)29)23-15(2)17-10-20(14-28)22(23)12-17/h15-25H,3-13H2,1-2H3. The summed E-state index contributed by atoms with van der Waals surface area (Å²) in [5, 5.41) is 9.63. The lowest BCUT2D eigenvalue weighted by Crippen LogP contribution is -2.41. The van der Waals surface area contributed by atoms with Gasteiger partial charge in [0.2, 0.25) is 0 Å². The fourth-order valence-electron chi connectivity index (χ4n) is 9.02. The van der Waals surface area contributed by atoms with Crippen molar-refractivity contribution in [2.24, 2.45) is 65.1 Å². The number of fused-ring (bicyclic) bond motifs is 4. The Bertz CT molecular complexity index is 756. The van der Waals surface area contributed by atoms with Crippen molar-refractivity contribution >= 4 is 11.9 Å². The van der Waals surface area contributed by atoms with Crippen LogP contribution in [0.1, 0.15) is 84.5 Å². The molecule has 4 nitrogen and oxygen atoms in total. The van der Waals surface area contributed by atoms with Crippen LogP contribution in [0, 0.1) is 76.4 Å². The molecule has 0 aromatic heterocycles. The van der Waals surface area contributed by atoms with Crippen molar-refractivity contribution in [1.82, 2.24) is 0 Å². The van der Waals surface area contributed by atoms with Crippen LogP contribution in [0.25, 0.3) is 0 Å². The molecule has 1 heterocycles. The van der Waals surface area contributed by atoms with Gasteiger partial charge < -0.3 is 4.74 Å². The molecule has 5 rings (SSSR count). The number of nitrogens with zero attached hydrogens (tertiary/aromatic N) is 1. The Labute approximate surface area is 187 Å². The molecule has 0 N–H and O–H groups in total. The molecule has 170 valence electrons. The molecule has 5 fully saturated rings. The number of rotatable bonds is 8. The highest BCUT2D eigenvalue weighted by Crippen LogP contribution is 2.63. The summed E-state index contributed by atoms with van der Waals surface area (Å²) >= 11 is 0. The monoisotopic (exact) mass is 425 g/mol. The summed E-state index contributed by atoms with van der Waals surface area (Å²) in [5.41, 5.74) is 0. The predicted molar refractivity (Wildman–Crippen MR) is 117 cm³/mol. The summed E-state index contributed by atoms with van der Waals surface area (Å²) in [6.07, 6.45) is 13.7. The van der Waals surface area contributed by atoms with Gasteiger partial charge in [0.05, 0.1) is 17.9 Å². The molecule has 31 heavy (non-hydrogen) atoms. The predicted octanol–water partition coefficient (Wildman–Crippen LogP) is 5.76. The molecule has 4 saturated carbocycles. The van der Waals surface area contributed by atoms with E-state index < -0.39 is 0 Å². The number of ether oxygens (including phenoxy) is 1. The van der Waals surface area contributed by atoms with Crippen LogP contribution in [0.4, 0.5) is 0 Å². The minimum Gasteiger partial charge on any atom is -0.393 e. The van der Waals surface area contributed by atoms with Crippen LogP contribution in [0.5, 0.6) is 0 Å². The van der Waals surface area contributed by atoms with Crippen molar-refractivity contribution in [3.63, 3.8) is 0 Å². The molecule has 0 amide bonds. The molecule has 11 atom stereocenters. The molecule has 0 spiro atoms. The second-order valence-corrected chi connectivity index (χ2v) is 11.7. The van der Waals surface area contributed by atoms with E-state index in [1.807, 2.05) is 0 Å². The quantitative estimate of drug-likeness (QED) is 0.282. The third kappa shape index (κ3) is 3.55. The summed E-state index contributed by atoms with van der Waals surface area (Å²) in [6, 6.07) is 2.51. The van der Waals surface area contributed by atoms with Crippen LogP contribution in [0.15, 0.2) is 0 Å². The molecule has 0 aromatic rings. The molecule has 5 aliphatic rings. The number of nitriles is 1. The minimum atomic E-state index is -0.287.